The van der Waals surface area contributed by atoms with Crippen LogP contribution in [-0.2, 0) is 16.8 Å². The smallest absolute Gasteiger partial charge is 0.246 e. The van der Waals surface area contributed by atoms with E-state index in [0.717, 1.165) is 22.5 Å². The molecule has 28 heavy (non-hydrogen) atoms. The SMILES string of the molecule is O=C1N(Cc2ccccn2)c2ccccc2C12COc1ccc3nonc3c12. The first-order valence-corrected chi connectivity index (χ1v) is 8.99. The van der Waals surface area contributed by atoms with E-state index in [1.54, 1.807) is 17.2 Å². The van der Waals surface area contributed by atoms with Crippen LogP contribution in [0.3, 0.4) is 0 Å². The number of amides is 1. The maximum atomic E-state index is 13.9. The first kappa shape index (κ1) is 15.3. The molecule has 1 unspecified atom stereocenters. The van der Waals surface area contributed by atoms with Gasteiger partial charge in [-0.05, 0) is 46.2 Å². The van der Waals surface area contributed by atoms with Crippen LogP contribution in [0.1, 0.15) is 16.8 Å². The first-order valence-electron chi connectivity index (χ1n) is 8.99. The molecule has 4 heterocycles. The number of ether oxygens (including phenoxy) is 1. The Labute approximate surface area is 159 Å². The van der Waals surface area contributed by atoms with Crippen LogP contribution in [-0.4, -0.2) is 27.8 Å². The number of pyridine rings is 1. The lowest BCUT2D eigenvalue weighted by Gasteiger charge is -2.22. The van der Waals surface area contributed by atoms with E-state index >= 15 is 0 Å². The van der Waals surface area contributed by atoms with Gasteiger partial charge >= 0.3 is 0 Å². The van der Waals surface area contributed by atoms with E-state index in [9.17, 15) is 4.79 Å². The van der Waals surface area contributed by atoms with Crippen molar-refractivity contribution in [2.24, 2.45) is 0 Å². The highest BCUT2D eigenvalue weighted by atomic mass is 16.6. The van der Waals surface area contributed by atoms with Crippen molar-refractivity contribution in [3.8, 4) is 5.75 Å². The average molecular weight is 370 g/mol. The van der Waals surface area contributed by atoms with Crippen LogP contribution < -0.4 is 9.64 Å². The van der Waals surface area contributed by atoms with E-state index in [1.807, 2.05) is 48.5 Å². The van der Waals surface area contributed by atoms with Gasteiger partial charge in [0.1, 0.15) is 28.8 Å². The van der Waals surface area contributed by atoms with Crippen LogP contribution in [0.4, 0.5) is 5.69 Å². The lowest BCUT2D eigenvalue weighted by Crippen LogP contribution is -2.42. The number of nitrogens with zero attached hydrogens (tertiary/aromatic N) is 4. The number of para-hydroxylation sites is 1. The van der Waals surface area contributed by atoms with Gasteiger partial charge in [-0.1, -0.05) is 24.3 Å². The summed E-state index contributed by atoms with van der Waals surface area (Å²) in [6.07, 6.45) is 1.73. The van der Waals surface area contributed by atoms with Gasteiger partial charge in [0.15, 0.2) is 0 Å². The fourth-order valence-electron chi connectivity index (χ4n) is 4.34. The van der Waals surface area contributed by atoms with E-state index < -0.39 is 5.41 Å². The highest BCUT2D eigenvalue weighted by Crippen LogP contribution is 2.54. The predicted octanol–water partition coefficient (Wildman–Crippen LogP) is 2.84. The van der Waals surface area contributed by atoms with Crippen molar-refractivity contribution in [3.63, 3.8) is 0 Å². The van der Waals surface area contributed by atoms with Crippen LogP contribution >= 0.6 is 0 Å². The Bertz CT molecular complexity index is 1240. The van der Waals surface area contributed by atoms with Crippen molar-refractivity contribution in [2.75, 3.05) is 11.5 Å². The topological polar surface area (TPSA) is 81.4 Å². The highest BCUT2D eigenvalue weighted by Gasteiger charge is 2.58. The van der Waals surface area contributed by atoms with Gasteiger partial charge in [-0.2, -0.15) is 0 Å². The Balaban J connectivity index is 1.59. The minimum Gasteiger partial charge on any atom is -0.491 e. The number of fused-ring (bicyclic) bond motifs is 6. The summed E-state index contributed by atoms with van der Waals surface area (Å²) in [5.74, 6) is 0.597. The minimum absolute atomic E-state index is 0.0476. The van der Waals surface area contributed by atoms with Crippen LogP contribution in [0.15, 0.2) is 65.4 Å². The summed E-state index contributed by atoms with van der Waals surface area (Å²) in [7, 11) is 0. The van der Waals surface area contributed by atoms with Crippen LogP contribution in [0, 0.1) is 0 Å². The molecule has 0 fully saturated rings. The van der Waals surface area contributed by atoms with Crippen molar-refractivity contribution >= 4 is 22.6 Å². The predicted molar refractivity (Wildman–Crippen MR) is 99.9 cm³/mol. The van der Waals surface area contributed by atoms with Gasteiger partial charge in [0.05, 0.1) is 12.2 Å². The molecular formula is C21H14N4O3. The van der Waals surface area contributed by atoms with Crippen molar-refractivity contribution in [1.82, 2.24) is 15.3 Å². The minimum atomic E-state index is -0.960. The number of anilines is 1. The molecule has 2 aromatic heterocycles. The third-order valence-corrected chi connectivity index (χ3v) is 5.57. The molecule has 0 saturated carbocycles. The summed E-state index contributed by atoms with van der Waals surface area (Å²) in [4.78, 5) is 20.0. The zero-order chi connectivity index (χ0) is 18.7. The normalized spacial score (nSPS) is 19.9. The van der Waals surface area contributed by atoms with Gasteiger partial charge < -0.3 is 9.64 Å². The van der Waals surface area contributed by atoms with Gasteiger partial charge in [0, 0.05) is 17.4 Å². The van der Waals surface area contributed by atoms with Gasteiger partial charge in [0.2, 0.25) is 5.91 Å². The summed E-state index contributed by atoms with van der Waals surface area (Å²) in [5, 5.41) is 8.02. The van der Waals surface area contributed by atoms with Crippen LogP contribution in [0.25, 0.3) is 11.0 Å². The molecule has 0 radical (unpaired) electrons. The third-order valence-electron chi connectivity index (χ3n) is 5.57. The molecule has 2 aliphatic heterocycles. The first-order chi connectivity index (χ1) is 13.8. The maximum Gasteiger partial charge on any atom is 0.246 e. The zero-order valence-corrected chi connectivity index (χ0v) is 14.7. The lowest BCUT2D eigenvalue weighted by molar-refractivity contribution is -0.122. The number of hydrogen-bond donors (Lipinski definition) is 0. The van der Waals surface area contributed by atoms with E-state index in [2.05, 4.69) is 15.3 Å². The quantitative estimate of drug-likeness (QED) is 0.540. The standard InChI is InChI=1S/C21H14N4O3/c26-20-21(12-27-17-9-8-15-19(18(17)21)24-28-23-15)14-6-1-2-7-16(14)25(20)11-13-5-3-4-10-22-13/h1-10H,11-12H2. The van der Waals surface area contributed by atoms with Gasteiger partial charge in [-0.15, -0.1) is 0 Å². The molecule has 0 saturated heterocycles. The van der Waals surface area contributed by atoms with Crippen molar-refractivity contribution in [1.29, 1.82) is 0 Å². The summed E-state index contributed by atoms with van der Waals surface area (Å²) in [6, 6.07) is 17.1. The van der Waals surface area contributed by atoms with Crippen molar-refractivity contribution in [3.05, 3.63) is 77.6 Å². The molecule has 0 bridgehead atoms. The molecule has 136 valence electrons. The summed E-state index contributed by atoms with van der Waals surface area (Å²) in [6.45, 7) is 0.615. The fraction of sp³-hybridized carbons (Fsp3) is 0.143. The van der Waals surface area contributed by atoms with E-state index in [1.165, 1.54) is 0 Å². The zero-order valence-electron chi connectivity index (χ0n) is 14.7. The Morgan fingerprint density at radius 2 is 1.93 bits per heavy atom. The second-order valence-corrected chi connectivity index (χ2v) is 6.99. The molecule has 7 heteroatoms. The third kappa shape index (κ3) is 1.82. The van der Waals surface area contributed by atoms with Crippen LogP contribution in [0.5, 0.6) is 5.75 Å². The van der Waals surface area contributed by atoms with E-state index in [0.29, 0.717) is 23.3 Å². The molecule has 2 aliphatic rings. The molecule has 0 aliphatic carbocycles. The molecule has 1 amide bonds. The fourth-order valence-corrected chi connectivity index (χ4v) is 4.34. The second kappa shape index (κ2) is 5.39. The Morgan fingerprint density at radius 3 is 2.82 bits per heavy atom. The van der Waals surface area contributed by atoms with Crippen LogP contribution in [0.2, 0.25) is 0 Å². The number of benzene rings is 2. The maximum absolute atomic E-state index is 13.9. The Morgan fingerprint density at radius 1 is 1.04 bits per heavy atom. The van der Waals surface area contributed by atoms with Gasteiger partial charge in [-0.3, -0.25) is 9.78 Å². The molecule has 1 atom stereocenters. The number of carbonyl (C=O) groups is 1. The molecule has 7 nitrogen and oxygen atoms in total. The van der Waals surface area contributed by atoms with Crippen molar-refractivity contribution in [2.45, 2.75) is 12.0 Å². The molecule has 4 aromatic rings. The largest absolute Gasteiger partial charge is 0.491 e. The summed E-state index contributed by atoms with van der Waals surface area (Å²) < 4.78 is 10.9. The number of aromatic nitrogens is 3. The molecule has 2 aromatic carbocycles. The summed E-state index contributed by atoms with van der Waals surface area (Å²) in [5.41, 5.74) is 3.54. The van der Waals surface area contributed by atoms with Gasteiger partial charge in [-0.25, -0.2) is 4.63 Å². The average Bonchev–Trinajstić information content (AvgIpc) is 3.42. The van der Waals surface area contributed by atoms with Crippen molar-refractivity contribution < 1.29 is 14.2 Å². The Kier molecular flexibility index (Phi) is 2.95. The van der Waals surface area contributed by atoms with Gasteiger partial charge in [0.25, 0.3) is 0 Å². The molecule has 6 rings (SSSR count). The van der Waals surface area contributed by atoms with E-state index in [4.69, 9.17) is 9.37 Å². The monoisotopic (exact) mass is 370 g/mol. The lowest BCUT2D eigenvalue weighted by atomic mass is 9.76. The Hall–Kier alpha value is -3.74. The number of rotatable bonds is 2. The molecule has 1 spiro atoms. The number of hydrogen-bond acceptors (Lipinski definition) is 6. The van der Waals surface area contributed by atoms with E-state index in [-0.39, 0.29) is 12.5 Å². The second-order valence-electron chi connectivity index (χ2n) is 6.99. The molecule has 0 N–H and O–H groups in total. The summed E-state index contributed by atoms with van der Waals surface area (Å²) >= 11 is 0. The molecular weight excluding hydrogens is 356 g/mol. The highest BCUT2D eigenvalue weighted by molar-refractivity contribution is 6.13. The number of carbonyl (C=O) groups excluding carboxylic acids is 1.